The Morgan fingerprint density at radius 1 is 1.13 bits per heavy atom. The van der Waals surface area contributed by atoms with E-state index in [4.69, 9.17) is 4.74 Å². The van der Waals surface area contributed by atoms with Gasteiger partial charge in [-0.15, -0.1) is 0 Å². The lowest BCUT2D eigenvalue weighted by molar-refractivity contribution is -0.122. The molecule has 31 heavy (non-hydrogen) atoms. The Labute approximate surface area is 187 Å². The van der Waals surface area contributed by atoms with Gasteiger partial charge < -0.3 is 25.6 Å². The average Bonchev–Trinajstić information content (AvgIpc) is 2.73. The molecular formula is C22H42N6O3. The van der Waals surface area contributed by atoms with E-state index in [2.05, 4.69) is 25.8 Å². The summed E-state index contributed by atoms with van der Waals surface area (Å²) in [4.78, 5) is 32.3. The van der Waals surface area contributed by atoms with Crippen LogP contribution in [-0.4, -0.2) is 92.8 Å². The number of hydrogen-bond donors (Lipinski definition) is 3. The molecule has 3 N–H and O–H groups in total. The van der Waals surface area contributed by atoms with Gasteiger partial charge in [0.1, 0.15) is 5.60 Å². The second-order valence-electron chi connectivity index (χ2n) is 9.59. The van der Waals surface area contributed by atoms with E-state index in [-0.39, 0.29) is 12.0 Å². The van der Waals surface area contributed by atoms with Gasteiger partial charge in [0.05, 0.1) is 6.54 Å². The van der Waals surface area contributed by atoms with Gasteiger partial charge in [-0.1, -0.05) is 0 Å². The van der Waals surface area contributed by atoms with Gasteiger partial charge in [0.25, 0.3) is 0 Å². The van der Waals surface area contributed by atoms with Crippen molar-refractivity contribution in [2.45, 2.75) is 64.5 Å². The molecule has 0 bridgehead atoms. The zero-order valence-corrected chi connectivity index (χ0v) is 20.0. The van der Waals surface area contributed by atoms with E-state index in [0.717, 1.165) is 70.8 Å². The summed E-state index contributed by atoms with van der Waals surface area (Å²) in [5, 5.41) is 9.62. The lowest BCUT2D eigenvalue weighted by Crippen LogP contribution is -2.50. The molecule has 0 aromatic heterocycles. The van der Waals surface area contributed by atoms with E-state index in [1.165, 1.54) is 0 Å². The molecule has 2 aliphatic heterocycles. The molecule has 2 amide bonds. The summed E-state index contributed by atoms with van der Waals surface area (Å²) >= 11 is 0. The smallest absolute Gasteiger partial charge is 0.410 e. The number of carbonyl (C=O) groups excluding carboxylic acids is 2. The van der Waals surface area contributed by atoms with E-state index in [1.807, 2.05) is 25.7 Å². The molecule has 0 spiro atoms. The minimum absolute atomic E-state index is 0.0665. The Balaban J connectivity index is 1.67. The minimum Gasteiger partial charge on any atom is -0.444 e. The number of likely N-dealkylation sites (N-methyl/N-ethyl adjacent to an activating group) is 1. The third kappa shape index (κ3) is 9.33. The van der Waals surface area contributed by atoms with E-state index in [0.29, 0.717) is 18.5 Å². The number of likely N-dealkylation sites (tertiary alicyclic amines) is 2. The largest absolute Gasteiger partial charge is 0.444 e. The number of piperidine rings is 2. The quantitative estimate of drug-likeness (QED) is 0.428. The predicted molar refractivity (Wildman–Crippen MR) is 123 cm³/mol. The van der Waals surface area contributed by atoms with E-state index < -0.39 is 5.60 Å². The van der Waals surface area contributed by atoms with Gasteiger partial charge in [-0.3, -0.25) is 14.7 Å². The van der Waals surface area contributed by atoms with Gasteiger partial charge in [0.15, 0.2) is 5.96 Å². The second-order valence-corrected chi connectivity index (χ2v) is 9.59. The van der Waals surface area contributed by atoms with Crippen molar-refractivity contribution < 1.29 is 14.3 Å². The van der Waals surface area contributed by atoms with Crippen molar-refractivity contribution in [1.29, 1.82) is 0 Å². The molecule has 2 aliphatic rings. The molecule has 178 valence electrons. The van der Waals surface area contributed by atoms with Crippen molar-refractivity contribution in [3.63, 3.8) is 0 Å². The van der Waals surface area contributed by atoms with Crippen molar-refractivity contribution in [2.24, 2.45) is 10.9 Å². The van der Waals surface area contributed by atoms with Crippen LogP contribution in [0.1, 0.15) is 52.9 Å². The lowest BCUT2D eigenvalue weighted by atomic mass is 9.95. The molecule has 0 radical (unpaired) electrons. The molecule has 0 aromatic rings. The standard InChI is InChI=1S/C22H42N6O3/c1-22(2,3)31-21(30)28-12-6-7-17(15-28)8-11-25-20(24-5)26-18-9-13-27(14-10-18)16-19(29)23-4/h17-18H,6-16H2,1-5H3,(H,23,29)(H2,24,25,26). The van der Waals surface area contributed by atoms with Gasteiger partial charge in [-0.05, 0) is 58.8 Å². The summed E-state index contributed by atoms with van der Waals surface area (Å²) in [6.07, 6.45) is 4.92. The number of hydrogen-bond acceptors (Lipinski definition) is 5. The molecule has 0 saturated carbocycles. The highest BCUT2D eigenvalue weighted by atomic mass is 16.6. The molecule has 2 rings (SSSR count). The summed E-state index contributed by atoms with van der Waals surface area (Å²) in [5.74, 6) is 1.36. The summed E-state index contributed by atoms with van der Waals surface area (Å²) in [7, 11) is 3.47. The summed E-state index contributed by atoms with van der Waals surface area (Å²) in [5.41, 5.74) is -0.456. The molecule has 9 nitrogen and oxygen atoms in total. The van der Waals surface area contributed by atoms with Crippen LogP contribution in [0.4, 0.5) is 4.79 Å². The van der Waals surface area contributed by atoms with Crippen LogP contribution in [-0.2, 0) is 9.53 Å². The Hall–Kier alpha value is -2.03. The van der Waals surface area contributed by atoms with E-state index in [9.17, 15) is 9.59 Å². The fraction of sp³-hybridized carbons (Fsp3) is 0.864. The number of aliphatic imine (C=N–C) groups is 1. The Kier molecular flexibility index (Phi) is 9.87. The van der Waals surface area contributed by atoms with E-state index in [1.54, 1.807) is 14.1 Å². The third-order valence-electron chi connectivity index (χ3n) is 5.81. The molecule has 2 fully saturated rings. The normalized spacial score (nSPS) is 21.5. The predicted octanol–water partition coefficient (Wildman–Crippen LogP) is 1.40. The zero-order chi connectivity index (χ0) is 22.9. The van der Waals surface area contributed by atoms with Gasteiger partial charge in [-0.2, -0.15) is 0 Å². The van der Waals surface area contributed by atoms with Crippen molar-refractivity contribution in [3.8, 4) is 0 Å². The van der Waals surface area contributed by atoms with Crippen LogP contribution in [0.2, 0.25) is 0 Å². The van der Waals surface area contributed by atoms with Crippen molar-refractivity contribution >= 4 is 18.0 Å². The van der Waals surface area contributed by atoms with Gasteiger partial charge in [-0.25, -0.2) is 4.79 Å². The number of rotatable bonds is 6. The zero-order valence-electron chi connectivity index (χ0n) is 20.0. The maximum absolute atomic E-state index is 12.3. The van der Waals surface area contributed by atoms with Crippen LogP contribution >= 0.6 is 0 Å². The Bertz CT molecular complexity index is 611. The first-order valence-corrected chi connectivity index (χ1v) is 11.6. The second kappa shape index (κ2) is 12.1. The number of amides is 2. The average molecular weight is 439 g/mol. The Morgan fingerprint density at radius 2 is 1.84 bits per heavy atom. The first-order chi connectivity index (χ1) is 14.7. The SMILES string of the molecule is CN=C(NCCC1CCCN(C(=O)OC(C)(C)C)C1)NC1CCN(CC(=O)NC)CC1. The minimum atomic E-state index is -0.456. The Morgan fingerprint density at radius 3 is 2.45 bits per heavy atom. The number of nitrogens with one attached hydrogen (secondary N) is 3. The monoisotopic (exact) mass is 438 g/mol. The molecule has 0 aliphatic carbocycles. The van der Waals surface area contributed by atoms with Gasteiger partial charge in [0, 0.05) is 52.9 Å². The number of guanidine groups is 1. The van der Waals surface area contributed by atoms with Crippen LogP contribution in [0.25, 0.3) is 0 Å². The number of nitrogens with zero attached hydrogens (tertiary/aromatic N) is 3. The summed E-state index contributed by atoms with van der Waals surface area (Å²) in [6.45, 7) is 10.4. The van der Waals surface area contributed by atoms with Crippen molar-refractivity contribution in [2.75, 3.05) is 53.4 Å². The molecule has 0 aromatic carbocycles. The lowest BCUT2D eigenvalue weighted by Gasteiger charge is -2.34. The highest BCUT2D eigenvalue weighted by Gasteiger charge is 2.27. The maximum atomic E-state index is 12.3. The van der Waals surface area contributed by atoms with Gasteiger partial charge in [0.2, 0.25) is 5.91 Å². The number of carbonyl (C=O) groups is 2. The number of ether oxygens (including phenoxy) is 1. The highest BCUT2D eigenvalue weighted by molar-refractivity contribution is 5.80. The summed E-state index contributed by atoms with van der Waals surface area (Å²) in [6, 6.07) is 0.365. The molecular weight excluding hydrogens is 396 g/mol. The van der Waals surface area contributed by atoms with Crippen LogP contribution in [0.15, 0.2) is 4.99 Å². The van der Waals surface area contributed by atoms with Crippen LogP contribution < -0.4 is 16.0 Å². The molecule has 2 heterocycles. The van der Waals surface area contributed by atoms with Crippen LogP contribution in [0.3, 0.4) is 0 Å². The fourth-order valence-electron chi connectivity index (χ4n) is 4.09. The van der Waals surface area contributed by atoms with E-state index >= 15 is 0 Å². The van der Waals surface area contributed by atoms with Crippen molar-refractivity contribution in [1.82, 2.24) is 25.8 Å². The van der Waals surface area contributed by atoms with Crippen LogP contribution in [0.5, 0.6) is 0 Å². The molecule has 1 atom stereocenters. The molecule has 1 unspecified atom stereocenters. The third-order valence-corrected chi connectivity index (χ3v) is 5.81. The first kappa shape index (κ1) is 25.2. The van der Waals surface area contributed by atoms with Crippen molar-refractivity contribution in [3.05, 3.63) is 0 Å². The van der Waals surface area contributed by atoms with Crippen LogP contribution in [0, 0.1) is 5.92 Å². The maximum Gasteiger partial charge on any atom is 0.410 e. The highest BCUT2D eigenvalue weighted by Crippen LogP contribution is 2.21. The molecule has 2 saturated heterocycles. The topological polar surface area (TPSA) is 98.3 Å². The van der Waals surface area contributed by atoms with Gasteiger partial charge >= 0.3 is 6.09 Å². The first-order valence-electron chi connectivity index (χ1n) is 11.6. The summed E-state index contributed by atoms with van der Waals surface area (Å²) < 4.78 is 5.52. The fourth-order valence-corrected chi connectivity index (χ4v) is 4.09. The molecule has 9 heteroatoms.